The molecule has 2 aromatic carbocycles. The molecule has 0 aliphatic carbocycles. The lowest BCUT2D eigenvalue weighted by Gasteiger charge is -2.31. The van der Waals surface area contributed by atoms with Crippen LogP contribution >= 0.6 is 0 Å². The Bertz CT molecular complexity index is 441. The minimum absolute atomic E-state index is 0.0525. The van der Waals surface area contributed by atoms with Crippen molar-refractivity contribution in [3.8, 4) is 0 Å². The first-order valence-corrected chi connectivity index (χ1v) is 6.92. The van der Waals surface area contributed by atoms with Crippen molar-refractivity contribution in [1.82, 2.24) is 4.90 Å². The van der Waals surface area contributed by atoms with Gasteiger partial charge < -0.3 is 10.2 Å². The van der Waals surface area contributed by atoms with Gasteiger partial charge in [-0.1, -0.05) is 60.7 Å². The highest BCUT2D eigenvalue weighted by Gasteiger charge is 2.21. The molecule has 0 atom stereocenters. The molecule has 0 heterocycles. The third kappa shape index (κ3) is 3.67. The minimum Gasteiger partial charge on any atom is -0.395 e. The van der Waals surface area contributed by atoms with Gasteiger partial charge in [0.25, 0.3) is 0 Å². The van der Waals surface area contributed by atoms with Gasteiger partial charge >= 0.3 is 0 Å². The zero-order chi connectivity index (χ0) is 14.2. The Labute approximate surface area is 120 Å². The van der Waals surface area contributed by atoms with Crippen LogP contribution in [0.15, 0.2) is 60.7 Å². The second-order valence-electron chi connectivity index (χ2n) is 4.71. The van der Waals surface area contributed by atoms with Crippen LogP contribution in [0.1, 0.15) is 17.2 Å². The Morgan fingerprint density at radius 1 is 0.700 bits per heavy atom. The summed E-state index contributed by atoms with van der Waals surface area (Å²) in [7, 11) is 0. The van der Waals surface area contributed by atoms with Crippen LogP contribution in [0.25, 0.3) is 0 Å². The molecule has 0 unspecified atom stereocenters. The number of hydrogen-bond acceptors (Lipinski definition) is 3. The number of rotatable bonds is 7. The summed E-state index contributed by atoms with van der Waals surface area (Å²) in [6.45, 7) is 1.23. The van der Waals surface area contributed by atoms with Gasteiger partial charge in [0, 0.05) is 13.1 Å². The molecule has 2 aromatic rings. The molecule has 0 spiro atoms. The monoisotopic (exact) mass is 271 g/mol. The molecule has 20 heavy (non-hydrogen) atoms. The third-order valence-corrected chi connectivity index (χ3v) is 3.37. The molecule has 0 saturated heterocycles. The Hall–Kier alpha value is -1.68. The van der Waals surface area contributed by atoms with E-state index in [1.165, 1.54) is 11.1 Å². The number of hydrogen-bond donors (Lipinski definition) is 2. The quantitative estimate of drug-likeness (QED) is 0.810. The number of benzene rings is 2. The summed E-state index contributed by atoms with van der Waals surface area (Å²) in [6, 6.07) is 20.4. The SMILES string of the molecule is OCCN(CCO)C(c1ccccc1)c1ccccc1. The predicted octanol–water partition coefficient (Wildman–Crippen LogP) is 2.06. The zero-order valence-corrected chi connectivity index (χ0v) is 11.5. The fourth-order valence-electron chi connectivity index (χ4n) is 2.51. The van der Waals surface area contributed by atoms with Gasteiger partial charge in [-0.05, 0) is 11.1 Å². The second-order valence-corrected chi connectivity index (χ2v) is 4.71. The highest BCUT2D eigenvalue weighted by Crippen LogP contribution is 2.27. The van der Waals surface area contributed by atoms with E-state index in [9.17, 15) is 10.2 Å². The summed E-state index contributed by atoms with van der Waals surface area (Å²) in [5.74, 6) is 0. The fraction of sp³-hybridized carbons (Fsp3) is 0.294. The molecule has 0 saturated carbocycles. The van der Waals surface area contributed by atoms with Crippen molar-refractivity contribution < 1.29 is 10.2 Å². The van der Waals surface area contributed by atoms with E-state index >= 15 is 0 Å². The molecule has 0 fully saturated rings. The Morgan fingerprint density at radius 2 is 1.10 bits per heavy atom. The number of nitrogens with zero attached hydrogens (tertiary/aromatic N) is 1. The average molecular weight is 271 g/mol. The van der Waals surface area contributed by atoms with Gasteiger partial charge in [-0.2, -0.15) is 0 Å². The number of aliphatic hydroxyl groups is 2. The van der Waals surface area contributed by atoms with Crippen molar-refractivity contribution in [3.05, 3.63) is 71.8 Å². The lowest BCUT2D eigenvalue weighted by molar-refractivity contribution is 0.136. The topological polar surface area (TPSA) is 43.7 Å². The van der Waals surface area contributed by atoms with Crippen LogP contribution in [-0.4, -0.2) is 41.4 Å². The molecule has 3 heteroatoms. The van der Waals surface area contributed by atoms with E-state index in [0.29, 0.717) is 13.1 Å². The van der Waals surface area contributed by atoms with E-state index in [4.69, 9.17) is 0 Å². The van der Waals surface area contributed by atoms with Crippen LogP contribution in [0.3, 0.4) is 0 Å². The summed E-state index contributed by atoms with van der Waals surface area (Å²) in [5, 5.41) is 18.6. The number of aliphatic hydroxyl groups excluding tert-OH is 2. The van der Waals surface area contributed by atoms with E-state index in [2.05, 4.69) is 29.2 Å². The van der Waals surface area contributed by atoms with E-state index in [1.54, 1.807) is 0 Å². The molecule has 106 valence electrons. The average Bonchev–Trinajstić information content (AvgIpc) is 2.50. The first kappa shape index (κ1) is 14.7. The van der Waals surface area contributed by atoms with Gasteiger partial charge in [-0.3, -0.25) is 4.90 Å². The normalized spacial score (nSPS) is 11.2. The summed E-state index contributed by atoms with van der Waals surface area (Å²) in [6.07, 6.45) is 0. The molecular formula is C17H21NO2. The highest BCUT2D eigenvalue weighted by atomic mass is 16.3. The standard InChI is InChI=1S/C17H21NO2/c19-13-11-18(12-14-20)17(15-7-3-1-4-8-15)16-9-5-2-6-10-16/h1-10,17,19-20H,11-14H2. The van der Waals surface area contributed by atoms with Crippen LogP contribution in [-0.2, 0) is 0 Å². The molecule has 2 N–H and O–H groups in total. The summed E-state index contributed by atoms with van der Waals surface area (Å²) >= 11 is 0. The maximum Gasteiger partial charge on any atom is 0.0603 e. The maximum absolute atomic E-state index is 9.28. The largest absolute Gasteiger partial charge is 0.395 e. The fourth-order valence-corrected chi connectivity index (χ4v) is 2.51. The minimum atomic E-state index is 0.0525. The first-order chi connectivity index (χ1) is 9.86. The van der Waals surface area contributed by atoms with Crippen LogP contribution < -0.4 is 0 Å². The molecular weight excluding hydrogens is 250 g/mol. The van der Waals surface area contributed by atoms with Crippen molar-refractivity contribution in [2.75, 3.05) is 26.3 Å². The molecule has 0 bridgehead atoms. The van der Waals surface area contributed by atoms with Gasteiger partial charge in [0.1, 0.15) is 0 Å². The van der Waals surface area contributed by atoms with Crippen molar-refractivity contribution in [2.24, 2.45) is 0 Å². The Balaban J connectivity index is 2.38. The first-order valence-electron chi connectivity index (χ1n) is 6.92. The van der Waals surface area contributed by atoms with E-state index < -0.39 is 0 Å². The third-order valence-electron chi connectivity index (χ3n) is 3.37. The highest BCUT2D eigenvalue weighted by molar-refractivity contribution is 5.31. The summed E-state index contributed by atoms with van der Waals surface area (Å²) < 4.78 is 0. The molecule has 0 aliphatic rings. The molecule has 2 rings (SSSR count). The lowest BCUT2D eigenvalue weighted by atomic mass is 9.97. The molecule has 0 aromatic heterocycles. The maximum atomic E-state index is 9.28. The zero-order valence-electron chi connectivity index (χ0n) is 11.5. The van der Waals surface area contributed by atoms with E-state index in [0.717, 1.165) is 0 Å². The van der Waals surface area contributed by atoms with Crippen molar-refractivity contribution in [2.45, 2.75) is 6.04 Å². The van der Waals surface area contributed by atoms with Crippen LogP contribution in [0.2, 0.25) is 0 Å². The smallest absolute Gasteiger partial charge is 0.0603 e. The van der Waals surface area contributed by atoms with Gasteiger partial charge in [0.2, 0.25) is 0 Å². The van der Waals surface area contributed by atoms with Gasteiger partial charge in [-0.15, -0.1) is 0 Å². The molecule has 3 nitrogen and oxygen atoms in total. The molecule has 0 aliphatic heterocycles. The van der Waals surface area contributed by atoms with Crippen LogP contribution in [0.5, 0.6) is 0 Å². The lowest BCUT2D eigenvalue weighted by Crippen LogP contribution is -2.34. The van der Waals surface area contributed by atoms with Crippen molar-refractivity contribution in [3.63, 3.8) is 0 Å². The van der Waals surface area contributed by atoms with Gasteiger partial charge in [-0.25, -0.2) is 0 Å². The predicted molar refractivity (Wildman–Crippen MR) is 80.5 cm³/mol. The van der Waals surface area contributed by atoms with Crippen LogP contribution in [0, 0.1) is 0 Å². The molecule has 0 radical (unpaired) electrons. The van der Waals surface area contributed by atoms with Gasteiger partial charge in [0.15, 0.2) is 0 Å². The molecule has 0 amide bonds. The van der Waals surface area contributed by atoms with Crippen LogP contribution in [0.4, 0.5) is 0 Å². The van der Waals surface area contributed by atoms with Gasteiger partial charge in [0.05, 0.1) is 19.3 Å². The summed E-state index contributed by atoms with van der Waals surface area (Å²) in [4.78, 5) is 2.10. The van der Waals surface area contributed by atoms with Crippen molar-refractivity contribution >= 4 is 0 Å². The van der Waals surface area contributed by atoms with Crippen molar-refractivity contribution in [1.29, 1.82) is 0 Å². The summed E-state index contributed by atoms with van der Waals surface area (Å²) in [5.41, 5.74) is 2.33. The van der Waals surface area contributed by atoms with E-state index in [-0.39, 0.29) is 19.3 Å². The second kappa shape index (κ2) is 7.80. The Kier molecular flexibility index (Phi) is 5.74. The van der Waals surface area contributed by atoms with E-state index in [1.807, 2.05) is 36.4 Å². The Morgan fingerprint density at radius 3 is 1.45 bits per heavy atom.